The van der Waals surface area contributed by atoms with E-state index in [2.05, 4.69) is 27.7 Å². The molecule has 0 radical (unpaired) electrons. The van der Waals surface area contributed by atoms with E-state index in [1.54, 1.807) is 0 Å². The molecule has 0 saturated heterocycles. The molecule has 0 unspecified atom stereocenters. The van der Waals surface area contributed by atoms with Crippen LogP contribution in [0.4, 0.5) is 0 Å². The van der Waals surface area contributed by atoms with E-state index in [1.807, 2.05) is 0 Å². The van der Waals surface area contributed by atoms with Gasteiger partial charge in [-0.1, -0.05) is 27.7 Å². The minimum Gasteiger partial charge on any atom is -0.465 e. The van der Waals surface area contributed by atoms with Crippen LogP contribution in [0.5, 0.6) is 0 Å². The first kappa shape index (κ1) is 24.5. The molecule has 0 aliphatic heterocycles. The summed E-state index contributed by atoms with van der Waals surface area (Å²) < 4.78 is 9.61. The number of ketones is 2. The summed E-state index contributed by atoms with van der Waals surface area (Å²) in [4.78, 5) is 42.5. The van der Waals surface area contributed by atoms with Crippen molar-refractivity contribution >= 4 is 23.5 Å². The fourth-order valence-corrected chi connectivity index (χ4v) is 1.33. The standard InChI is InChI=1S/2C9H16O3/c2*1-7(2)4-5-12-9(11)6-8(3)10/h2*7H,4-6H2,1-3H3. The zero-order valence-corrected chi connectivity index (χ0v) is 15.8. The van der Waals surface area contributed by atoms with Gasteiger partial charge in [-0.25, -0.2) is 0 Å². The highest BCUT2D eigenvalue weighted by molar-refractivity contribution is 5.94. The molecule has 0 amide bonds. The Morgan fingerprint density at radius 2 is 0.958 bits per heavy atom. The molecular weight excluding hydrogens is 312 g/mol. The number of rotatable bonds is 10. The van der Waals surface area contributed by atoms with E-state index in [0.717, 1.165) is 12.8 Å². The van der Waals surface area contributed by atoms with Gasteiger partial charge >= 0.3 is 11.9 Å². The summed E-state index contributed by atoms with van der Waals surface area (Å²) in [7, 11) is 0. The number of carbonyl (C=O) groups is 4. The zero-order chi connectivity index (χ0) is 19.1. The first-order chi connectivity index (χ1) is 11.0. The van der Waals surface area contributed by atoms with E-state index < -0.39 is 11.9 Å². The van der Waals surface area contributed by atoms with Gasteiger partial charge in [0, 0.05) is 0 Å². The van der Waals surface area contributed by atoms with Crippen LogP contribution in [0.3, 0.4) is 0 Å². The third-order valence-corrected chi connectivity index (χ3v) is 2.70. The number of hydrogen-bond acceptors (Lipinski definition) is 6. The molecule has 0 heterocycles. The van der Waals surface area contributed by atoms with Gasteiger partial charge < -0.3 is 9.47 Å². The lowest BCUT2D eigenvalue weighted by Gasteiger charge is -2.05. The lowest BCUT2D eigenvalue weighted by atomic mass is 10.1. The predicted molar refractivity (Wildman–Crippen MR) is 91.4 cm³/mol. The molecule has 0 atom stereocenters. The Bertz CT molecular complexity index is 360. The molecule has 0 saturated carbocycles. The van der Waals surface area contributed by atoms with Crippen molar-refractivity contribution in [3.63, 3.8) is 0 Å². The highest BCUT2D eigenvalue weighted by Crippen LogP contribution is 2.00. The maximum absolute atomic E-state index is 10.8. The number of carbonyl (C=O) groups excluding carboxylic acids is 4. The molecule has 0 aliphatic carbocycles. The molecule has 140 valence electrons. The molecule has 0 bridgehead atoms. The summed E-state index contributed by atoms with van der Waals surface area (Å²) >= 11 is 0. The minimum absolute atomic E-state index is 0.0991. The Hall–Kier alpha value is -1.72. The van der Waals surface area contributed by atoms with Crippen molar-refractivity contribution in [3.8, 4) is 0 Å². The van der Waals surface area contributed by atoms with Crippen molar-refractivity contribution < 1.29 is 28.7 Å². The lowest BCUT2D eigenvalue weighted by molar-refractivity contribution is -0.147. The normalized spacial score (nSPS) is 10.0. The quantitative estimate of drug-likeness (QED) is 0.447. The van der Waals surface area contributed by atoms with Gasteiger partial charge in [-0.3, -0.25) is 19.2 Å². The van der Waals surface area contributed by atoms with E-state index in [4.69, 9.17) is 9.47 Å². The Balaban J connectivity index is 0. The maximum Gasteiger partial charge on any atom is 0.313 e. The molecule has 0 aromatic carbocycles. The SMILES string of the molecule is CC(=O)CC(=O)OCCC(C)C.CC(=O)CC(=O)OCCC(C)C. The Kier molecular flexibility index (Phi) is 15.2. The smallest absolute Gasteiger partial charge is 0.313 e. The number of Topliss-reactive ketones (excluding diaryl/α,β-unsaturated/α-hetero) is 2. The highest BCUT2D eigenvalue weighted by atomic mass is 16.5. The van der Waals surface area contributed by atoms with Crippen LogP contribution in [0, 0.1) is 11.8 Å². The summed E-state index contributed by atoms with van der Waals surface area (Å²) in [6.07, 6.45) is 1.50. The minimum atomic E-state index is -0.414. The van der Waals surface area contributed by atoms with Gasteiger partial charge in [0.25, 0.3) is 0 Å². The topological polar surface area (TPSA) is 86.7 Å². The molecule has 6 heteroatoms. The molecule has 0 fully saturated rings. The zero-order valence-electron chi connectivity index (χ0n) is 15.8. The van der Waals surface area contributed by atoms with Crippen LogP contribution in [0.25, 0.3) is 0 Å². The van der Waals surface area contributed by atoms with Crippen LogP contribution < -0.4 is 0 Å². The fourth-order valence-electron chi connectivity index (χ4n) is 1.33. The second-order valence-corrected chi connectivity index (χ2v) is 6.56. The summed E-state index contributed by atoms with van der Waals surface area (Å²) in [5.41, 5.74) is 0. The first-order valence-corrected chi connectivity index (χ1v) is 8.34. The predicted octanol–water partition coefficient (Wildman–Crippen LogP) is 3.11. The Labute approximate surface area is 145 Å². The summed E-state index contributed by atoms with van der Waals surface area (Å²) in [5.74, 6) is -0.0781. The highest BCUT2D eigenvalue weighted by Gasteiger charge is 2.06. The van der Waals surface area contributed by atoms with Gasteiger partial charge in [-0.05, 0) is 38.5 Å². The molecular formula is C18H32O6. The van der Waals surface area contributed by atoms with Crippen LogP contribution in [-0.4, -0.2) is 36.7 Å². The van der Waals surface area contributed by atoms with E-state index in [0.29, 0.717) is 25.0 Å². The second-order valence-electron chi connectivity index (χ2n) is 6.56. The van der Waals surface area contributed by atoms with Gasteiger partial charge in [0.1, 0.15) is 24.4 Å². The number of hydrogen-bond donors (Lipinski definition) is 0. The van der Waals surface area contributed by atoms with Gasteiger partial charge in [-0.15, -0.1) is 0 Å². The van der Waals surface area contributed by atoms with Crippen molar-refractivity contribution in [1.29, 1.82) is 0 Å². The summed E-state index contributed by atoms with van der Waals surface area (Å²) in [6, 6.07) is 0. The third-order valence-electron chi connectivity index (χ3n) is 2.70. The van der Waals surface area contributed by atoms with Crippen molar-refractivity contribution in [3.05, 3.63) is 0 Å². The van der Waals surface area contributed by atoms with Crippen LogP contribution in [0.15, 0.2) is 0 Å². The van der Waals surface area contributed by atoms with Crippen LogP contribution in [0.1, 0.15) is 67.2 Å². The van der Waals surface area contributed by atoms with Crippen molar-refractivity contribution in [1.82, 2.24) is 0 Å². The van der Waals surface area contributed by atoms with Gasteiger partial charge in [-0.2, -0.15) is 0 Å². The van der Waals surface area contributed by atoms with E-state index in [9.17, 15) is 19.2 Å². The average molecular weight is 344 g/mol. The van der Waals surface area contributed by atoms with Crippen molar-refractivity contribution in [2.24, 2.45) is 11.8 Å². The van der Waals surface area contributed by atoms with E-state index >= 15 is 0 Å². The largest absolute Gasteiger partial charge is 0.465 e. The molecule has 0 aromatic rings. The monoisotopic (exact) mass is 344 g/mol. The average Bonchev–Trinajstić information content (AvgIpc) is 2.36. The van der Waals surface area contributed by atoms with Crippen LogP contribution in [-0.2, 0) is 28.7 Å². The Morgan fingerprint density at radius 1 is 0.667 bits per heavy atom. The van der Waals surface area contributed by atoms with E-state index in [-0.39, 0.29) is 24.4 Å². The second kappa shape index (κ2) is 14.8. The molecule has 24 heavy (non-hydrogen) atoms. The molecule has 0 aromatic heterocycles. The summed E-state index contributed by atoms with van der Waals surface area (Å²) in [5, 5.41) is 0. The number of ether oxygens (including phenoxy) is 2. The van der Waals surface area contributed by atoms with Gasteiger partial charge in [0.2, 0.25) is 0 Å². The molecule has 0 spiro atoms. The van der Waals surface area contributed by atoms with Gasteiger partial charge in [0.15, 0.2) is 0 Å². The fraction of sp³-hybridized carbons (Fsp3) is 0.778. The lowest BCUT2D eigenvalue weighted by Crippen LogP contribution is -2.10. The molecule has 0 aliphatic rings. The Morgan fingerprint density at radius 3 is 1.17 bits per heavy atom. The molecule has 0 N–H and O–H groups in total. The molecule has 6 nitrogen and oxygen atoms in total. The maximum atomic E-state index is 10.8. The van der Waals surface area contributed by atoms with Gasteiger partial charge in [0.05, 0.1) is 13.2 Å². The van der Waals surface area contributed by atoms with E-state index in [1.165, 1.54) is 13.8 Å². The van der Waals surface area contributed by atoms with Crippen LogP contribution in [0.2, 0.25) is 0 Å². The summed E-state index contributed by atoms with van der Waals surface area (Å²) in [6.45, 7) is 11.8. The van der Waals surface area contributed by atoms with Crippen molar-refractivity contribution in [2.75, 3.05) is 13.2 Å². The first-order valence-electron chi connectivity index (χ1n) is 8.34. The third kappa shape index (κ3) is 22.6. The number of esters is 2. The van der Waals surface area contributed by atoms with Crippen molar-refractivity contribution in [2.45, 2.75) is 67.2 Å². The molecule has 0 rings (SSSR count). The van der Waals surface area contributed by atoms with Crippen LogP contribution >= 0.6 is 0 Å².